The Labute approximate surface area is 55.4 Å². The molecule has 8 heavy (non-hydrogen) atoms. The molecule has 0 aliphatic carbocycles. The number of hydrogen-bond donors (Lipinski definition) is 1. The summed E-state index contributed by atoms with van der Waals surface area (Å²) in [7, 11) is 0. The maximum atomic E-state index is 10.6. The van der Waals surface area contributed by atoms with Gasteiger partial charge >= 0.3 is 0 Å². The molecule has 0 spiro atoms. The maximum Gasteiger partial charge on any atom is 0.229 e. The highest BCUT2D eigenvalue weighted by molar-refractivity contribution is 7.99. The highest BCUT2D eigenvalue weighted by Gasteiger charge is 1.93. The molecule has 0 aromatic carbocycles. The third kappa shape index (κ3) is 3.99. The molecule has 0 saturated heterocycles. The average Bonchev–Trinajstić information content (AvgIpc) is 1.85. The monoisotopic (exact) mass is 134 g/mol. The van der Waals surface area contributed by atoms with Gasteiger partial charge in [-0.2, -0.15) is 11.8 Å². The van der Waals surface area contributed by atoms with Gasteiger partial charge in [-0.15, -0.1) is 0 Å². The maximum absolute atomic E-state index is 10.6. The fraction of sp³-hybridized carbons (Fsp3) is 0.800. The van der Waals surface area contributed by atoms with E-state index in [-0.39, 0.29) is 12.8 Å². The molecular weight excluding hydrogens is 122 g/mol. The zero-order valence-electron chi connectivity index (χ0n) is 5.94. The lowest BCUT2D eigenvalue weighted by atomic mass is 10.6. The summed E-state index contributed by atoms with van der Waals surface area (Å²) in [4.78, 5) is 10.6. The molecule has 0 bridgehead atoms. The minimum atomic E-state index is 0.0229. The molecule has 1 N–H and O–H groups in total. The number of carbonyl (C=O) groups excluding carboxylic acids is 1. The number of amides is 1. The second kappa shape index (κ2) is 4.97. The third-order valence-corrected chi connectivity index (χ3v) is 1.15. The highest BCUT2D eigenvalue weighted by Crippen LogP contribution is 1.87. The molecule has 3 heteroatoms. The summed E-state index contributed by atoms with van der Waals surface area (Å²) in [5, 5.41) is 2.59. The van der Waals surface area contributed by atoms with Crippen molar-refractivity contribution in [1.82, 2.24) is 5.32 Å². The molecule has 0 atom stereocenters. The molecule has 0 rings (SSSR count). The van der Waals surface area contributed by atoms with Gasteiger partial charge in [0, 0.05) is 7.92 Å². The van der Waals surface area contributed by atoms with E-state index >= 15 is 0 Å². The predicted octanol–water partition coefficient (Wildman–Crippen LogP) is 0.485. The molecule has 0 aromatic rings. The first kappa shape index (κ1) is 5.95. The standard InChI is InChI=1S/C5H11NOS/c1-3-6-5(7)4-8-2/h3-4H2,1-2H3,(H,6,7)/i1D. The second-order valence-electron chi connectivity index (χ2n) is 1.28. The number of nitrogens with one attached hydrogen (secondary N) is 1. The Hall–Kier alpha value is -0.180. The quantitative estimate of drug-likeness (QED) is 0.608. The van der Waals surface area contributed by atoms with Gasteiger partial charge in [0.1, 0.15) is 0 Å². The van der Waals surface area contributed by atoms with Gasteiger partial charge in [-0.1, -0.05) is 0 Å². The third-order valence-electron chi connectivity index (χ3n) is 0.598. The van der Waals surface area contributed by atoms with Crippen LogP contribution >= 0.6 is 11.8 Å². The van der Waals surface area contributed by atoms with Crippen LogP contribution in [0, 0.1) is 0 Å². The lowest BCUT2D eigenvalue weighted by Gasteiger charge is -1.96. The fourth-order valence-electron chi connectivity index (χ4n) is 0.322. The smallest absolute Gasteiger partial charge is 0.229 e. The molecule has 0 aliphatic heterocycles. The summed E-state index contributed by atoms with van der Waals surface area (Å²) >= 11 is 1.49. The number of carbonyl (C=O) groups is 1. The Balaban J connectivity index is 3.06. The van der Waals surface area contributed by atoms with Gasteiger partial charge in [-0.3, -0.25) is 4.79 Å². The highest BCUT2D eigenvalue weighted by atomic mass is 32.2. The van der Waals surface area contributed by atoms with E-state index in [1.807, 2.05) is 6.26 Å². The van der Waals surface area contributed by atoms with Crippen LogP contribution in [-0.2, 0) is 4.79 Å². The van der Waals surface area contributed by atoms with Crippen LogP contribution in [0.4, 0.5) is 0 Å². The minimum absolute atomic E-state index is 0.0229. The fourth-order valence-corrected chi connectivity index (χ4v) is 0.686. The first-order valence-electron chi connectivity index (χ1n) is 3.07. The van der Waals surface area contributed by atoms with E-state index < -0.39 is 0 Å². The van der Waals surface area contributed by atoms with E-state index in [9.17, 15) is 4.79 Å². The van der Waals surface area contributed by atoms with Gasteiger partial charge in [0.05, 0.1) is 5.75 Å². The summed E-state index contributed by atoms with van der Waals surface area (Å²) in [5.41, 5.74) is 0. The van der Waals surface area contributed by atoms with Crippen molar-refractivity contribution in [1.29, 1.82) is 0 Å². The largest absolute Gasteiger partial charge is 0.356 e. The summed E-state index contributed by atoms with van der Waals surface area (Å²) < 4.78 is 6.71. The van der Waals surface area contributed by atoms with E-state index in [0.29, 0.717) is 12.3 Å². The van der Waals surface area contributed by atoms with Crippen molar-refractivity contribution in [2.24, 2.45) is 0 Å². The molecule has 0 heterocycles. The van der Waals surface area contributed by atoms with Crippen molar-refractivity contribution in [3.63, 3.8) is 0 Å². The first-order chi connectivity index (χ1) is 4.31. The molecule has 0 fully saturated rings. The van der Waals surface area contributed by atoms with Crippen LogP contribution in [0.2, 0.25) is 0 Å². The molecule has 48 valence electrons. The zero-order chi connectivity index (χ0) is 7.11. The van der Waals surface area contributed by atoms with Gasteiger partial charge in [0.25, 0.3) is 0 Å². The molecule has 0 aromatic heterocycles. The Morgan fingerprint density at radius 3 is 3.25 bits per heavy atom. The van der Waals surface area contributed by atoms with Crippen molar-refractivity contribution in [2.45, 2.75) is 6.90 Å². The van der Waals surface area contributed by atoms with Crippen LogP contribution < -0.4 is 5.32 Å². The normalized spacial score (nSPS) is 10.4. The average molecular weight is 134 g/mol. The van der Waals surface area contributed by atoms with E-state index in [2.05, 4.69) is 5.32 Å². The van der Waals surface area contributed by atoms with Crippen LogP contribution in [0.1, 0.15) is 8.27 Å². The molecule has 0 aliphatic rings. The van der Waals surface area contributed by atoms with Crippen molar-refractivity contribution in [3.8, 4) is 0 Å². The van der Waals surface area contributed by atoms with Crippen LogP contribution in [-0.4, -0.2) is 24.5 Å². The van der Waals surface area contributed by atoms with Gasteiger partial charge in [-0.25, -0.2) is 0 Å². The lowest BCUT2D eigenvalue weighted by molar-refractivity contribution is -0.118. The van der Waals surface area contributed by atoms with E-state index in [1.165, 1.54) is 11.8 Å². The summed E-state index contributed by atoms with van der Waals surface area (Å²) in [6, 6.07) is 0. The Morgan fingerprint density at radius 1 is 2.00 bits per heavy atom. The van der Waals surface area contributed by atoms with Crippen LogP contribution in [0.5, 0.6) is 0 Å². The molecule has 0 saturated carbocycles. The van der Waals surface area contributed by atoms with E-state index in [1.54, 1.807) is 0 Å². The molecule has 1 amide bonds. The van der Waals surface area contributed by atoms with Crippen LogP contribution in [0.15, 0.2) is 0 Å². The predicted molar refractivity (Wildman–Crippen MR) is 37.1 cm³/mol. The van der Waals surface area contributed by atoms with Gasteiger partial charge in [0.2, 0.25) is 5.91 Å². The van der Waals surface area contributed by atoms with Gasteiger partial charge < -0.3 is 5.32 Å². The zero-order valence-corrected chi connectivity index (χ0v) is 5.75. The minimum Gasteiger partial charge on any atom is -0.356 e. The lowest BCUT2D eigenvalue weighted by Crippen LogP contribution is -2.24. The Morgan fingerprint density at radius 2 is 2.75 bits per heavy atom. The Bertz CT molecular complexity index is 89.0. The molecule has 2 nitrogen and oxygen atoms in total. The van der Waals surface area contributed by atoms with E-state index in [0.717, 1.165) is 0 Å². The Kier molecular flexibility index (Phi) is 3.69. The van der Waals surface area contributed by atoms with Crippen LogP contribution in [0.25, 0.3) is 0 Å². The van der Waals surface area contributed by atoms with Crippen LogP contribution in [0.3, 0.4) is 0 Å². The second-order valence-corrected chi connectivity index (χ2v) is 2.15. The van der Waals surface area contributed by atoms with Gasteiger partial charge in [-0.05, 0) is 13.2 Å². The molecular formula is C5H11NOS. The van der Waals surface area contributed by atoms with Crippen molar-refractivity contribution >= 4 is 17.7 Å². The summed E-state index contributed by atoms with van der Waals surface area (Å²) in [5.74, 6) is 0.523. The number of rotatable bonds is 3. The first-order valence-corrected chi connectivity index (χ1v) is 3.75. The topological polar surface area (TPSA) is 29.1 Å². The van der Waals surface area contributed by atoms with Crippen molar-refractivity contribution in [2.75, 3.05) is 18.6 Å². The summed E-state index contributed by atoms with van der Waals surface area (Å²) in [6.45, 7) is 0.736. The van der Waals surface area contributed by atoms with Crippen molar-refractivity contribution in [3.05, 3.63) is 0 Å². The summed E-state index contributed by atoms with van der Waals surface area (Å²) in [6.07, 6.45) is 1.88. The number of hydrogen-bond acceptors (Lipinski definition) is 2. The van der Waals surface area contributed by atoms with Crippen molar-refractivity contribution < 1.29 is 6.17 Å². The molecule has 0 unspecified atom stereocenters. The van der Waals surface area contributed by atoms with E-state index in [4.69, 9.17) is 1.37 Å². The van der Waals surface area contributed by atoms with Gasteiger partial charge in [0.15, 0.2) is 0 Å². The molecule has 0 radical (unpaired) electrons. The number of thioether (sulfide) groups is 1. The SMILES string of the molecule is [2H]CCNC(=O)CSC.